The van der Waals surface area contributed by atoms with Crippen molar-refractivity contribution in [1.82, 2.24) is 10.6 Å². The Morgan fingerprint density at radius 3 is 2.74 bits per heavy atom. The molecular weight excluding hydrogens is 354 g/mol. The third kappa shape index (κ3) is 5.13. The first-order chi connectivity index (χ1) is 11.2. The highest BCUT2D eigenvalue weighted by atomic mass is 79.9. The van der Waals surface area contributed by atoms with Crippen LogP contribution in [-0.2, 0) is 13.0 Å². The van der Waals surface area contributed by atoms with Crippen molar-refractivity contribution in [1.29, 1.82) is 0 Å². The monoisotopic (exact) mass is 375 g/mol. The van der Waals surface area contributed by atoms with Crippen molar-refractivity contribution in [3.05, 3.63) is 58.5 Å². The van der Waals surface area contributed by atoms with Gasteiger partial charge in [-0.05, 0) is 42.2 Å². The minimum Gasteiger partial charge on any atom is -0.469 e. The molecule has 3 rings (SSSR count). The molecule has 1 aliphatic carbocycles. The van der Waals surface area contributed by atoms with E-state index >= 15 is 0 Å². The van der Waals surface area contributed by atoms with Gasteiger partial charge in [-0.3, -0.25) is 0 Å². The summed E-state index contributed by atoms with van der Waals surface area (Å²) in [6, 6.07) is 12.7. The van der Waals surface area contributed by atoms with Crippen LogP contribution in [0.4, 0.5) is 0 Å². The number of hydrogen-bond donors (Lipinski definition) is 2. The van der Waals surface area contributed by atoms with Gasteiger partial charge in [0.25, 0.3) is 0 Å². The normalized spacial score (nSPS) is 20.3. The van der Waals surface area contributed by atoms with Crippen LogP contribution in [0.3, 0.4) is 0 Å². The summed E-state index contributed by atoms with van der Waals surface area (Å²) in [6.07, 6.45) is 3.78. The van der Waals surface area contributed by atoms with E-state index < -0.39 is 0 Å². The zero-order chi connectivity index (χ0) is 16.1. The van der Waals surface area contributed by atoms with E-state index in [1.54, 1.807) is 6.26 Å². The van der Waals surface area contributed by atoms with Crippen molar-refractivity contribution < 1.29 is 4.42 Å². The summed E-state index contributed by atoms with van der Waals surface area (Å²) < 4.78 is 6.45. The molecule has 2 atom stereocenters. The van der Waals surface area contributed by atoms with Crippen LogP contribution in [0.15, 0.2) is 56.5 Å². The van der Waals surface area contributed by atoms with E-state index in [1.807, 2.05) is 24.3 Å². The van der Waals surface area contributed by atoms with Gasteiger partial charge >= 0.3 is 0 Å². The third-order valence-corrected chi connectivity index (χ3v) is 4.54. The summed E-state index contributed by atoms with van der Waals surface area (Å²) >= 11 is 3.46. The van der Waals surface area contributed by atoms with Gasteiger partial charge in [0.15, 0.2) is 5.96 Å². The van der Waals surface area contributed by atoms with Crippen LogP contribution >= 0.6 is 15.9 Å². The van der Waals surface area contributed by atoms with Crippen LogP contribution in [0.25, 0.3) is 0 Å². The molecule has 2 aromatic rings. The van der Waals surface area contributed by atoms with Crippen LogP contribution in [-0.4, -0.2) is 18.5 Å². The first kappa shape index (κ1) is 16.1. The van der Waals surface area contributed by atoms with Gasteiger partial charge < -0.3 is 15.1 Å². The van der Waals surface area contributed by atoms with Gasteiger partial charge in [0.05, 0.1) is 12.8 Å². The molecule has 2 N–H and O–H groups in total. The van der Waals surface area contributed by atoms with Crippen molar-refractivity contribution in [3.63, 3.8) is 0 Å². The SMILES string of the molecule is CC1CC1NC(=NCc1ccc(Br)cc1)NCCc1ccco1. The fraction of sp³-hybridized carbons (Fsp3) is 0.389. The van der Waals surface area contributed by atoms with Crippen LogP contribution < -0.4 is 10.6 Å². The number of rotatable bonds is 6. The number of nitrogens with one attached hydrogen (secondary N) is 2. The van der Waals surface area contributed by atoms with Crippen molar-refractivity contribution >= 4 is 21.9 Å². The van der Waals surface area contributed by atoms with Crippen LogP contribution in [0.1, 0.15) is 24.7 Å². The van der Waals surface area contributed by atoms with Gasteiger partial charge in [-0.15, -0.1) is 0 Å². The molecule has 1 heterocycles. The first-order valence-electron chi connectivity index (χ1n) is 8.02. The molecule has 4 nitrogen and oxygen atoms in total. The molecule has 0 aliphatic heterocycles. The number of aliphatic imine (C=N–C) groups is 1. The second-order valence-corrected chi connectivity index (χ2v) is 6.93. The highest BCUT2D eigenvalue weighted by Crippen LogP contribution is 2.28. The molecule has 5 heteroatoms. The van der Waals surface area contributed by atoms with Crippen LogP contribution in [0, 0.1) is 5.92 Å². The molecule has 1 saturated carbocycles. The minimum atomic E-state index is 0.551. The van der Waals surface area contributed by atoms with Gasteiger partial charge in [-0.25, -0.2) is 4.99 Å². The fourth-order valence-corrected chi connectivity index (χ4v) is 2.63. The number of nitrogens with zero attached hydrogens (tertiary/aromatic N) is 1. The summed E-state index contributed by atoms with van der Waals surface area (Å²) in [4.78, 5) is 4.71. The second kappa shape index (κ2) is 7.68. The minimum absolute atomic E-state index is 0.551. The second-order valence-electron chi connectivity index (χ2n) is 6.01. The quantitative estimate of drug-likeness (QED) is 0.597. The number of furan rings is 1. The lowest BCUT2D eigenvalue weighted by molar-refractivity contribution is 0.506. The molecule has 1 aromatic heterocycles. The summed E-state index contributed by atoms with van der Waals surface area (Å²) in [6.45, 7) is 3.73. The Morgan fingerprint density at radius 1 is 1.30 bits per heavy atom. The maximum absolute atomic E-state index is 5.36. The van der Waals surface area contributed by atoms with Crippen LogP contribution in [0.5, 0.6) is 0 Å². The molecule has 1 aromatic carbocycles. The van der Waals surface area contributed by atoms with Gasteiger partial charge in [0.1, 0.15) is 5.76 Å². The van der Waals surface area contributed by atoms with Crippen LogP contribution in [0.2, 0.25) is 0 Å². The maximum Gasteiger partial charge on any atom is 0.191 e. The molecular formula is C18H22BrN3O. The fourth-order valence-electron chi connectivity index (χ4n) is 2.37. The first-order valence-corrected chi connectivity index (χ1v) is 8.81. The summed E-state index contributed by atoms with van der Waals surface area (Å²) in [5, 5.41) is 6.90. The van der Waals surface area contributed by atoms with E-state index in [4.69, 9.17) is 9.41 Å². The molecule has 0 amide bonds. The average Bonchev–Trinajstić information content (AvgIpc) is 3.01. The van der Waals surface area contributed by atoms with E-state index in [0.717, 1.165) is 35.1 Å². The molecule has 0 spiro atoms. The molecule has 1 fully saturated rings. The van der Waals surface area contributed by atoms with E-state index in [9.17, 15) is 0 Å². The molecule has 0 saturated heterocycles. The maximum atomic E-state index is 5.36. The summed E-state index contributed by atoms with van der Waals surface area (Å²) in [7, 11) is 0. The standard InChI is InChI=1S/C18H22BrN3O/c1-13-11-17(13)22-18(20-9-8-16-3-2-10-23-16)21-12-14-4-6-15(19)7-5-14/h2-7,10,13,17H,8-9,11-12H2,1H3,(H2,20,21,22). The lowest BCUT2D eigenvalue weighted by Gasteiger charge is -2.12. The molecule has 1 aliphatic rings. The highest BCUT2D eigenvalue weighted by molar-refractivity contribution is 9.10. The summed E-state index contributed by atoms with van der Waals surface area (Å²) in [5.74, 6) is 2.61. The van der Waals surface area contributed by atoms with Gasteiger partial charge in [-0.1, -0.05) is 35.0 Å². The third-order valence-electron chi connectivity index (χ3n) is 4.01. The van der Waals surface area contributed by atoms with Gasteiger partial charge in [0.2, 0.25) is 0 Å². The predicted molar refractivity (Wildman–Crippen MR) is 96.4 cm³/mol. The molecule has 0 radical (unpaired) electrons. The Bertz CT molecular complexity index is 637. The van der Waals surface area contributed by atoms with Crippen molar-refractivity contribution in [2.75, 3.05) is 6.54 Å². The topological polar surface area (TPSA) is 49.6 Å². The van der Waals surface area contributed by atoms with E-state index in [-0.39, 0.29) is 0 Å². The molecule has 2 unspecified atom stereocenters. The smallest absolute Gasteiger partial charge is 0.191 e. The van der Waals surface area contributed by atoms with Crippen molar-refractivity contribution in [2.45, 2.75) is 32.4 Å². The average molecular weight is 376 g/mol. The highest BCUT2D eigenvalue weighted by Gasteiger charge is 2.33. The van der Waals surface area contributed by atoms with E-state index in [1.165, 1.54) is 12.0 Å². The Hall–Kier alpha value is -1.75. The molecule has 0 bridgehead atoms. The zero-order valence-corrected chi connectivity index (χ0v) is 14.8. The number of benzene rings is 1. The lowest BCUT2D eigenvalue weighted by Crippen LogP contribution is -2.40. The largest absolute Gasteiger partial charge is 0.469 e. The zero-order valence-electron chi connectivity index (χ0n) is 13.3. The number of guanidine groups is 1. The number of hydrogen-bond acceptors (Lipinski definition) is 2. The van der Waals surface area contributed by atoms with Gasteiger partial charge in [-0.2, -0.15) is 0 Å². The van der Waals surface area contributed by atoms with Crippen molar-refractivity contribution in [3.8, 4) is 0 Å². The number of halogens is 1. The Morgan fingerprint density at radius 2 is 2.09 bits per heavy atom. The molecule has 122 valence electrons. The Balaban J connectivity index is 1.55. The van der Waals surface area contributed by atoms with Gasteiger partial charge in [0, 0.05) is 23.5 Å². The van der Waals surface area contributed by atoms with E-state index in [2.05, 4.69) is 45.6 Å². The predicted octanol–water partition coefficient (Wildman–Crippen LogP) is 3.73. The summed E-state index contributed by atoms with van der Waals surface area (Å²) in [5.41, 5.74) is 1.20. The Kier molecular flexibility index (Phi) is 5.39. The van der Waals surface area contributed by atoms with E-state index in [0.29, 0.717) is 12.6 Å². The lowest BCUT2D eigenvalue weighted by atomic mass is 10.2. The molecule has 23 heavy (non-hydrogen) atoms. The Labute approximate surface area is 145 Å². The van der Waals surface area contributed by atoms with Crippen molar-refractivity contribution in [2.24, 2.45) is 10.9 Å².